The molecule has 0 atom stereocenters. The van der Waals surface area contributed by atoms with Crippen molar-refractivity contribution in [2.24, 2.45) is 10.9 Å². The van der Waals surface area contributed by atoms with Crippen LogP contribution in [0.4, 0.5) is 11.4 Å². The van der Waals surface area contributed by atoms with Gasteiger partial charge in [0.1, 0.15) is 0 Å². The van der Waals surface area contributed by atoms with Crippen LogP contribution < -0.4 is 4.90 Å². The second-order valence-electron chi connectivity index (χ2n) is 6.30. The van der Waals surface area contributed by atoms with Crippen molar-refractivity contribution >= 4 is 34.2 Å². The SMILES string of the molecule is O=C(C1CCCC1)N1C(=Nc2ccccc2)SCc2ccccc21. The zero-order valence-corrected chi connectivity index (χ0v) is 14.3. The number of aliphatic imine (C=N–C) groups is 1. The Hall–Kier alpha value is -2.07. The first kappa shape index (κ1) is 15.5. The highest BCUT2D eigenvalue weighted by Gasteiger charge is 2.34. The van der Waals surface area contributed by atoms with E-state index in [4.69, 9.17) is 4.99 Å². The van der Waals surface area contributed by atoms with Gasteiger partial charge in [-0.15, -0.1) is 0 Å². The van der Waals surface area contributed by atoms with Crippen LogP contribution in [0.3, 0.4) is 0 Å². The number of amidine groups is 1. The fourth-order valence-electron chi connectivity index (χ4n) is 3.42. The summed E-state index contributed by atoms with van der Waals surface area (Å²) in [6, 6.07) is 18.1. The molecule has 1 heterocycles. The third-order valence-electron chi connectivity index (χ3n) is 4.69. The van der Waals surface area contributed by atoms with Crippen LogP contribution in [0, 0.1) is 5.92 Å². The summed E-state index contributed by atoms with van der Waals surface area (Å²) in [4.78, 5) is 19.8. The van der Waals surface area contributed by atoms with Gasteiger partial charge in [-0.2, -0.15) is 0 Å². The number of rotatable bonds is 2. The third kappa shape index (κ3) is 2.98. The fraction of sp³-hybridized carbons (Fsp3) is 0.300. The maximum absolute atomic E-state index is 13.2. The lowest BCUT2D eigenvalue weighted by molar-refractivity contribution is -0.121. The van der Waals surface area contributed by atoms with Gasteiger partial charge in [-0.3, -0.25) is 9.69 Å². The number of carbonyl (C=O) groups excluding carboxylic acids is 1. The molecule has 0 unspecified atom stereocenters. The summed E-state index contributed by atoms with van der Waals surface area (Å²) in [6.45, 7) is 0. The van der Waals surface area contributed by atoms with Crippen LogP contribution >= 0.6 is 11.8 Å². The number of anilines is 1. The first-order valence-electron chi connectivity index (χ1n) is 8.51. The molecule has 1 amide bonds. The lowest BCUT2D eigenvalue weighted by atomic mass is 10.1. The Morgan fingerprint density at radius 1 is 1.00 bits per heavy atom. The molecule has 1 aliphatic carbocycles. The van der Waals surface area contributed by atoms with Crippen LogP contribution in [-0.4, -0.2) is 11.1 Å². The Labute approximate surface area is 146 Å². The van der Waals surface area contributed by atoms with Gasteiger partial charge in [0, 0.05) is 11.7 Å². The molecule has 2 aromatic carbocycles. The molecule has 0 spiro atoms. The highest BCUT2D eigenvalue weighted by Crippen LogP contribution is 2.37. The van der Waals surface area contributed by atoms with Gasteiger partial charge in [0.05, 0.1) is 11.4 Å². The van der Waals surface area contributed by atoms with Gasteiger partial charge < -0.3 is 0 Å². The van der Waals surface area contributed by atoms with Crippen LogP contribution in [0.15, 0.2) is 59.6 Å². The zero-order chi connectivity index (χ0) is 16.4. The molecule has 1 aliphatic heterocycles. The van der Waals surface area contributed by atoms with E-state index in [1.807, 2.05) is 53.4 Å². The molecule has 1 saturated carbocycles. The van der Waals surface area contributed by atoms with Gasteiger partial charge in [-0.05, 0) is 36.6 Å². The molecule has 3 nitrogen and oxygen atoms in total. The molecular weight excluding hydrogens is 316 g/mol. The van der Waals surface area contributed by atoms with Gasteiger partial charge in [0.2, 0.25) is 5.91 Å². The molecule has 4 rings (SSSR count). The van der Waals surface area contributed by atoms with Gasteiger partial charge in [-0.25, -0.2) is 4.99 Å². The number of carbonyl (C=O) groups is 1. The fourth-order valence-corrected chi connectivity index (χ4v) is 4.44. The van der Waals surface area contributed by atoms with E-state index >= 15 is 0 Å². The van der Waals surface area contributed by atoms with Crippen molar-refractivity contribution in [3.63, 3.8) is 0 Å². The van der Waals surface area contributed by atoms with E-state index in [9.17, 15) is 4.79 Å². The van der Waals surface area contributed by atoms with E-state index in [-0.39, 0.29) is 11.8 Å². The van der Waals surface area contributed by atoms with Gasteiger partial charge in [-0.1, -0.05) is 61.0 Å². The third-order valence-corrected chi connectivity index (χ3v) is 5.67. The quantitative estimate of drug-likeness (QED) is 0.760. The van der Waals surface area contributed by atoms with E-state index in [1.165, 1.54) is 5.56 Å². The number of nitrogens with zero attached hydrogens (tertiary/aromatic N) is 2. The summed E-state index contributed by atoms with van der Waals surface area (Å²) in [5.74, 6) is 1.20. The molecule has 0 saturated heterocycles. The van der Waals surface area contributed by atoms with Crippen LogP contribution in [0.5, 0.6) is 0 Å². The summed E-state index contributed by atoms with van der Waals surface area (Å²) in [5, 5.41) is 0.803. The van der Waals surface area contributed by atoms with Crippen molar-refractivity contribution < 1.29 is 4.79 Å². The van der Waals surface area contributed by atoms with Crippen molar-refractivity contribution in [2.75, 3.05) is 4.90 Å². The van der Waals surface area contributed by atoms with Gasteiger partial charge in [0.15, 0.2) is 5.17 Å². The van der Waals surface area contributed by atoms with Crippen molar-refractivity contribution in [1.82, 2.24) is 0 Å². The normalized spacial score (nSPS) is 19.5. The molecule has 2 aromatic rings. The lowest BCUT2D eigenvalue weighted by Crippen LogP contribution is -2.41. The summed E-state index contributed by atoms with van der Waals surface area (Å²) in [7, 11) is 0. The molecule has 0 radical (unpaired) electrons. The van der Waals surface area contributed by atoms with Crippen molar-refractivity contribution in [1.29, 1.82) is 0 Å². The van der Waals surface area contributed by atoms with Gasteiger partial charge >= 0.3 is 0 Å². The summed E-state index contributed by atoms with van der Waals surface area (Å²) < 4.78 is 0. The Balaban J connectivity index is 1.75. The number of benzene rings is 2. The molecule has 0 bridgehead atoms. The zero-order valence-electron chi connectivity index (χ0n) is 13.5. The predicted octanol–water partition coefficient (Wildman–Crippen LogP) is 5.14. The van der Waals surface area contributed by atoms with Crippen molar-refractivity contribution in [3.8, 4) is 0 Å². The highest BCUT2D eigenvalue weighted by atomic mass is 32.2. The molecule has 1 fully saturated rings. The highest BCUT2D eigenvalue weighted by molar-refractivity contribution is 8.13. The minimum Gasteiger partial charge on any atom is -0.274 e. The van der Waals surface area contributed by atoms with Crippen molar-refractivity contribution in [3.05, 3.63) is 60.2 Å². The second kappa shape index (κ2) is 6.81. The van der Waals surface area contributed by atoms with E-state index in [1.54, 1.807) is 11.8 Å². The van der Waals surface area contributed by atoms with Gasteiger partial charge in [0.25, 0.3) is 0 Å². The first-order chi connectivity index (χ1) is 11.8. The monoisotopic (exact) mass is 336 g/mol. The summed E-state index contributed by atoms with van der Waals surface area (Å²) >= 11 is 1.65. The molecule has 0 aromatic heterocycles. The predicted molar refractivity (Wildman–Crippen MR) is 101 cm³/mol. The molecule has 4 heteroatoms. The maximum Gasteiger partial charge on any atom is 0.236 e. The Kier molecular flexibility index (Phi) is 4.39. The van der Waals surface area contributed by atoms with Crippen molar-refractivity contribution in [2.45, 2.75) is 31.4 Å². The Morgan fingerprint density at radius 3 is 2.50 bits per heavy atom. The minimum absolute atomic E-state index is 0.137. The topological polar surface area (TPSA) is 32.7 Å². The molecular formula is C20H20N2OS. The second-order valence-corrected chi connectivity index (χ2v) is 7.24. The number of hydrogen-bond acceptors (Lipinski definition) is 3. The van der Waals surface area contributed by atoms with E-state index in [2.05, 4.69) is 6.07 Å². The van der Waals surface area contributed by atoms with E-state index in [0.29, 0.717) is 0 Å². The maximum atomic E-state index is 13.2. The molecule has 122 valence electrons. The lowest BCUT2D eigenvalue weighted by Gasteiger charge is -2.32. The van der Waals surface area contributed by atoms with Crippen LogP contribution in [0.1, 0.15) is 31.2 Å². The summed E-state index contributed by atoms with van der Waals surface area (Å²) in [6.07, 6.45) is 4.32. The molecule has 24 heavy (non-hydrogen) atoms. The van der Waals surface area contributed by atoms with Crippen LogP contribution in [0.2, 0.25) is 0 Å². The largest absolute Gasteiger partial charge is 0.274 e. The summed E-state index contributed by atoms with van der Waals surface area (Å²) in [5.41, 5.74) is 3.10. The number of amides is 1. The smallest absolute Gasteiger partial charge is 0.236 e. The van der Waals surface area contributed by atoms with Crippen LogP contribution in [0.25, 0.3) is 0 Å². The van der Waals surface area contributed by atoms with Crippen LogP contribution in [-0.2, 0) is 10.5 Å². The Morgan fingerprint density at radius 2 is 1.71 bits per heavy atom. The average Bonchev–Trinajstić information content (AvgIpc) is 3.17. The Bertz CT molecular complexity index is 766. The molecule has 0 N–H and O–H groups in total. The standard InChI is InChI=1S/C20H20N2OS/c23-19(15-8-4-5-9-15)22-18-13-7-6-10-16(18)14-24-20(22)21-17-11-2-1-3-12-17/h1-3,6-7,10-13,15H,4-5,8-9,14H2. The number of hydrogen-bond donors (Lipinski definition) is 0. The number of fused-ring (bicyclic) bond motifs is 1. The number of thioether (sulfide) groups is 1. The number of para-hydroxylation sites is 2. The minimum atomic E-state index is 0.137. The first-order valence-corrected chi connectivity index (χ1v) is 9.50. The molecule has 2 aliphatic rings. The van der Waals surface area contributed by atoms with E-state index in [0.717, 1.165) is 48.0 Å². The average molecular weight is 336 g/mol. The van der Waals surface area contributed by atoms with E-state index < -0.39 is 0 Å².